The Morgan fingerprint density at radius 1 is 1.47 bits per heavy atom. The van der Waals surface area contributed by atoms with E-state index in [1.807, 2.05) is 18.7 Å². The number of carboxylic acid groups (broad SMARTS) is 1. The summed E-state index contributed by atoms with van der Waals surface area (Å²) in [6.07, 6.45) is 1.66. The molecule has 0 amide bonds. The topological polar surface area (TPSA) is 75.6 Å². The number of carboxylic acids is 1. The SMILES string of the molecule is CC1CN(c2nccc(C(=O)O)n2)CC(C)O1. The summed E-state index contributed by atoms with van der Waals surface area (Å²) >= 11 is 0. The van der Waals surface area contributed by atoms with Gasteiger partial charge in [-0.25, -0.2) is 14.8 Å². The number of ether oxygens (including phenoxy) is 1. The molecular formula is C11H15N3O3. The highest BCUT2D eigenvalue weighted by Gasteiger charge is 2.24. The Morgan fingerprint density at radius 2 is 2.12 bits per heavy atom. The maximum atomic E-state index is 10.8. The minimum Gasteiger partial charge on any atom is -0.477 e. The van der Waals surface area contributed by atoms with Crippen LogP contribution in [0, 0.1) is 0 Å². The summed E-state index contributed by atoms with van der Waals surface area (Å²) in [6.45, 7) is 5.30. The highest BCUT2D eigenvalue weighted by molar-refractivity contribution is 5.85. The molecule has 6 heteroatoms. The maximum absolute atomic E-state index is 10.8. The minimum atomic E-state index is -1.04. The number of morpholine rings is 1. The lowest BCUT2D eigenvalue weighted by atomic mass is 10.2. The highest BCUT2D eigenvalue weighted by atomic mass is 16.5. The molecule has 0 aromatic carbocycles. The standard InChI is InChI=1S/C11H15N3O3/c1-7-5-14(6-8(2)17-7)11-12-4-3-9(13-11)10(15)16/h3-4,7-8H,5-6H2,1-2H3,(H,15,16). The minimum absolute atomic E-state index is 0.0156. The highest BCUT2D eigenvalue weighted by Crippen LogP contribution is 2.16. The van der Waals surface area contributed by atoms with E-state index in [1.165, 1.54) is 12.3 Å². The van der Waals surface area contributed by atoms with Gasteiger partial charge in [-0.3, -0.25) is 0 Å². The predicted molar refractivity (Wildman–Crippen MR) is 61.2 cm³/mol. The van der Waals surface area contributed by atoms with Crippen molar-refractivity contribution in [1.82, 2.24) is 9.97 Å². The van der Waals surface area contributed by atoms with E-state index in [1.54, 1.807) is 0 Å². The maximum Gasteiger partial charge on any atom is 0.354 e. The van der Waals surface area contributed by atoms with Crippen molar-refractivity contribution >= 4 is 11.9 Å². The zero-order valence-electron chi connectivity index (χ0n) is 9.83. The Bertz CT molecular complexity index is 414. The molecule has 0 aliphatic carbocycles. The van der Waals surface area contributed by atoms with E-state index in [-0.39, 0.29) is 17.9 Å². The van der Waals surface area contributed by atoms with Crippen LogP contribution in [-0.2, 0) is 4.74 Å². The number of nitrogens with zero attached hydrogens (tertiary/aromatic N) is 3. The lowest BCUT2D eigenvalue weighted by Gasteiger charge is -2.35. The smallest absolute Gasteiger partial charge is 0.354 e. The van der Waals surface area contributed by atoms with Crippen LogP contribution in [-0.4, -0.2) is 46.3 Å². The first-order valence-corrected chi connectivity index (χ1v) is 5.53. The molecule has 0 radical (unpaired) electrons. The van der Waals surface area contributed by atoms with E-state index >= 15 is 0 Å². The number of aromatic nitrogens is 2. The largest absolute Gasteiger partial charge is 0.477 e. The van der Waals surface area contributed by atoms with Crippen molar-refractivity contribution in [2.45, 2.75) is 26.1 Å². The average Bonchev–Trinajstić information content (AvgIpc) is 2.28. The van der Waals surface area contributed by atoms with E-state index in [9.17, 15) is 4.79 Å². The zero-order valence-corrected chi connectivity index (χ0v) is 9.83. The molecule has 1 N–H and O–H groups in total. The fourth-order valence-electron chi connectivity index (χ4n) is 1.96. The Labute approximate surface area is 99.2 Å². The molecule has 6 nitrogen and oxygen atoms in total. The predicted octanol–water partition coefficient (Wildman–Crippen LogP) is 0.788. The summed E-state index contributed by atoms with van der Waals surface area (Å²) in [5, 5.41) is 8.88. The van der Waals surface area contributed by atoms with Crippen LogP contribution >= 0.6 is 0 Å². The number of hydrogen-bond acceptors (Lipinski definition) is 5. The summed E-state index contributed by atoms with van der Waals surface area (Å²) in [7, 11) is 0. The lowest BCUT2D eigenvalue weighted by molar-refractivity contribution is -0.00572. The quantitative estimate of drug-likeness (QED) is 0.819. The Hall–Kier alpha value is -1.69. The molecule has 1 aliphatic heterocycles. The van der Waals surface area contributed by atoms with Crippen LogP contribution in [0.1, 0.15) is 24.3 Å². The Morgan fingerprint density at radius 3 is 2.71 bits per heavy atom. The van der Waals surface area contributed by atoms with Crippen molar-refractivity contribution in [3.05, 3.63) is 18.0 Å². The Kier molecular flexibility index (Phi) is 3.23. The molecule has 17 heavy (non-hydrogen) atoms. The van der Waals surface area contributed by atoms with Gasteiger partial charge in [0.2, 0.25) is 5.95 Å². The van der Waals surface area contributed by atoms with Gasteiger partial charge in [-0.15, -0.1) is 0 Å². The van der Waals surface area contributed by atoms with Gasteiger partial charge in [0.05, 0.1) is 12.2 Å². The van der Waals surface area contributed by atoms with Crippen molar-refractivity contribution in [3.63, 3.8) is 0 Å². The van der Waals surface area contributed by atoms with E-state index in [0.29, 0.717) is 19.0 Å². The van der Waals surface area contributed by atoms with Gasteiger partial charge in [-0.1, -0.05) is 0 Å². The molecule has 1 saturated heterocycles. The van der Waals surface area contributed by atoms with Gasteiger partial charge in [0.25, 0.3) is 0 Å². The first kappa shape index (κ1) is 11.8. The second-order valence-electron chi connectivity index (χ2n) is 4.21. The molecule has 2 atom stereocenters. The summed E-state index contributed by atoms with van der Waals surface area (Å²) in [5.41, 5.74) is 0.0156. The third-order valence-electron chi connectivity index (χ3n) is 2.56. The van der Waals surface area contributed by atoms with Gasteiger partial charge in [-0.05, 0) is 19.9 Å². The van der Waals surface area contributed by atoms with Crippen LogP contribution in [0.5, 0.6) is 0 Å². The summed E-state index contributed by atoms with van der Waals surface area (Å²) in [6, 6.07) is 1.39. The van der Waals surface area contributed by atoms with E-state index < -0.39 is 5.97 Å². The summed E-state index contributed by atoms with van der Waals surface area (Å²) in [4.78, 5) is 20.9. The number of hydrogen-bond donors (Lipinski definition) is 1. The average molecular weight is 237 g/mol. The van der Waals surface area contributed by atoms with Gasteiger partial charge in [0.15, 0.2) is 5.69 Å². The van der Waals surface area contributed by atoms with E-state index in [0.717, 1.165) is 0 Å². The molecule has 1 aliphatic rings. The number of anilines is 1. The molecule has 0 spiro atoms. The lowest BCUT2D eigenvalue weighted by Crippen LogP contribution is -2.46. The first-order chi connectivity index (χ1) is 8.06. The van der Waals surface area contributed by atoms with Crippen LogP contribution in [0.3, 0.4) is 0 Å². The number of carbonyl (C=O) groups is 1. The second kappa shape index (κ2) is 4.67. The normalized spacial score (nSPS) is 24.7. The molecule has 1 fully saturated rings. The van der Waals surface area contributed by atoms with Crippen LogP contribution in [0.2, 0.25) is 0 Å². The van der Waals surface area contributed by atoms with Gasteiger partial charge in [0, 0.05) is 19.3 Å². The van der Waals surface area contributed by atoms with Crippen LogP contribution in [0.25, 0.3) is 0 Å². The number of rotatable bonds is 2. The molecular weight excluding hydrogens is 222 g/mol. The zero-order chi connectivity index (χ0) is 12.4. The molecule has 0 saturated carbocycles. The van der Waals surface area contributed by atoms with Crippen molar-refractivity contribution in [2.75, 3.05) is 18.0 Å². The monoisotopic (exact) mass is 237 g/mol. The molecule has 92 valence electrons. The van der Waals surface area contributed by atoms with Crippen LogP contribution in [0.15, 0.2) is 12.3 Å². The van der Waals surface area contributed by atoms with Gasteiger partial charge >= 0.3 is 5.97 Å². The fourth-order valence-corrected chi connectivity index (χ4v) is 1.96. The number of aromatic carboxylic acids is 1. The summed E-state index contributed by atoms with van der Waals surface area (Å²) < 4.78 is 5.60. The van der Waals surface area contributed by atoms with Crippen molar-refractivity contribution in [3.8, 4) is 0 Å². The summed E-state index contributed by atoms with van der Waals surface area (Å²) in [5.74, 6) is -0.588. The molecule has 0 bridgehead atoms. The molecule has 2 unspecified atom stereocenters. The third-order valence-corrected chi connectivity index (χ3v) is 2.56. The van der Waals surface area contributed by atoms with Crippen molar-refractivity contribution in [2.24, 2.45) is 0 Å². The molecule has 1 aromatic rings. The van der Waals surface area contributed by atoms with Gasteiger partial charge in [0.1, 0.15) is 0 Å². The van der Waals surface area contributed by atoms with Crippen LogP contribution < -0.4 is 4.90 Å². The molecule has 2 rings (SSSR count). The van der Waals surface area contributed by atoms with E-state index in [2.05, 4.69) is 9.97 Å². The third kappa shape index (κ3) is 2.71. The Balaban J connectivity index is 2.21. The van der Waals surface area contributed by atoms with E-state index in [4.69, 9.17) is 9.84 Å². The fraction of sp³-hybridized carbons (Fsp3) is 0.545. The van der Waals surface area contributed by atoms with Crippen molar-refractivity contribution < 1.29 is 14.6 Å². The van der Waals surface area contributed by atoms with Crippen molar-refractivity contribution in [1.29, 1.82) is 0 Å². The van der Waals surface area contributed by atoms with Crippen LogP contribution in [0.4, 0.5) is 5.95 Å². The molecule has 2 heterocycles. The molecule has 1 aromatic heterocycles. The van der Waals surface area contributed by atoms with Gasteiger partial charge < -0.3 is 14.7 Å². The second-order valence-corrected chi connectivity index (χ2v) is 4.21. The first-order valence-electron chi connectivity index (χ1n) is 5.53. The van der Waals surface area contributed by atoms with Gasteiger partial charge in [-0.2, -0.15) is 0 Å².